The lowest BCUT2D eigenvalue weighted by Gasteiger charge is -2.07. The molecule has 2 rings (SSSR count). The number of alkyl halides is 1. The second kappa shape index (κ2) is 5.05. The molecule has 0 saturated carbocycles. The van der Waals surface area contributed by atoms with Crippen LogP contribution in [0.15, 0.2) is 36.4 Å². The van der Waals surface area contributed by atoms with Gasteiger partial charge in [0.05, 0.1) is 5.88 Å². The summed E-state index contributed by atoms with van der Waals surface area (Å²) in [5.74, 6) is 0.322. The highest BCUT2D eigenvalue weighted by molar-refractivity contribution is 6.35. The maximum atomic E-state index is 6.05. The minimum absolute atomic E-state index is 0.322. The third-order valence-corrected chi connectivity index (χ3v) is 3.13. The van der Waals surface area contributed by atoms with Crippen LogP contribution in [-0.2, 0) is 5.88 Å². The minimum Gasteiger partial charge on any atom is -0.223 e. The standard InChI is InChI=1S/C12H8Cl3N/c13-7-9-6-10(12(15)16-11(9)14)8-4-2-1-3-5-8/h1-6H,7H2. The molecule has 1 nitrogen and oxygen atoms in total. The first-order chi connectivity index (χ1) is 7.72. The van der Waals surface area contributed by atoms with E-state index in [1.54, 1.807) is 0 Å². The monoisotopic (exact) mass is 271 g/mol. The van der Waals surface area contributed by atoms with E-state index in [1.165, 1.54) is 0 Å². The molecule has 82 valence electrons. The van der Waals surface area contributed by atoms with Crippen molar-refractivity contribution in [3.63, 3.8) is 0 Å². The predicted molar refractivity (Wildman–Crippen MR) is 69.3 cm³/mol. The van der Waals surface area contributed by atoms with Crippen molar-refractivity contribution in [1.82, 2.24) is 4.98 Å². The maximum absolute atomic E-state index is 6.05. The van der Waals surface area contributed by atoms with Crippen LogP contribution in [0, 0.1) is 0 Å². The summed E-state index contributed by atoms with van der Waals surface area (Å²) in [5, 5.41) is 0.754. The highest BCUT2D eigenvalue weighted by Crippen LogP contribution is 2.30. The number of pyridine rings is 1. The van der Waals surface area contributed by atoms with Gasteiger partial charge in [-0.3, -0.25) is 0 Å². The van der Waals surface area contributed by atoms with Crippen LogP contribution in [0.2, 0.25) is 10.3 Å². The van der Waals surface area contributed by atoms with Gasteiger partial charge in [0.15, 0.2) is 0 Å². The van der Waals surface area contributed by atoms with Crippen molar-refractivity contribution in [2.75, 3.05) is 0 Å². The average Bonchev–Trinajstić information content (AvgIpc) is 2.30. The SMILES string of the molecule is ClCc1cc(-c2ccccc2)c(Cl)nc1Cl. The van der Waals surface area contributed by atoms with Crippen molar-refractivity contribution >= 4 is 34.8 Å². The van der Waals surface area contributed by atoms with E-state index in [-0.39, 0.29) is 0 Å². The van der Waals surface area contributed by atoms with Gasteiger partial charge in [0.2, 0.25) is 0 Å². The molecule has 0 bridgehead atoms. The van der Waals surface area contributed by atoms with Crippen LogP contribution in [0.5, 0.6) is 0 Å². The van der Waals surface area contributed by atoms with Gasteiger partial charge in [-0.05, 0) is 11.6 Å². The molecule has 4 heteroatoms. The highest BCUT2D eigenvalue weighted by atomic mass is 35.5. The molecule has 0 atom stereocenters. The molecule has 0 N–H and O–H groups in total. The molecule has 0 saturated heterocycles. The fourth-order valence-electron chi connectivity index (χ4n) is 1.43. The van der Waals surface area contributed by atoms with Crippen LogP contribution in [0.1, 0.15) is 5.56 Å². The first kappa shape index (κ1) is 11.7. The number of nitrogens with zero attached hydrogens (tertiary/aromatic N) is 1. The molecular formula is C12H8Cl3N. The fraction of sp³-hybridized carbons (Fsp3) is 0.0833. The summed E-state index contributed by atoms with van der Waals surface area (Å²) in [4.78, 5) is 4.07. The molecule has 2 aromatic rings. The van der Waals surface area contributed by atoms with E-state index in [0.717, 1.165) is 16.7 Å². The summed E-state index contributed by atoms with van der Waals surface area (Å²) in [6.45, 7) is 0. The van der Waals surface area contributed by atoms with Crippen molar-refractivity contribution in [3.8, 4) is 11.1 Å². The van der Waals surface area contributed by atoms with Gasteiger partial charge in [-0.1, -0.05) is 53.5 Å². The van der Waals surface area contributed by atoms with Crippen LogP contribution >= 0.6 is 34.8 Å². The average molecular weight is 273 g/mol. The van der Waals surface area contributed by atoms with Crippen molar-refractivity contribution in [1.29, 1.82) is 0 Å². The van der Waals surface area contributed by atoms with Crippen LogP contribution in [0.4, 0.5) is 0 Å². The summed E-state index contributed by atoms with van der Waals surface area (Å²) in [7, 11) is 0. The third kappa shape index (κ3) is 2.32. The molecule has 1 aromatic heterocycles. The van der Waals surface area contributed by atoms with E-state index in [2.05, 4.69) is 4.98 Å². The molecular weight excluding hydrogens is 264 g/mol. The Labute approximate surface area is 109 Å². The second-order valence-corrected chi connectivity index (χ2v) is 4.26. The molecule has 0 fully saturated rings. The summed E-state index contributed by atoms with van der Waals surface area (Å²) >= 11 is 17.7. The number of rotatable bonds is 2. The Hall–Kier alpha value is -0.760. The van der Waals surface area contributed by atoms with Gasteiger partial charge in [0.25, 0.3) is 0 Å². The molecule has 0 radical (unpaired) electrons. The Balaban J connectivity index is 2.57. The molecule has 0 aliphatic carbocycles. The molecule has 0 aliphatic rings. The van der Waals surface area contributed by atoms with E-state index in [0.29, 0.717) is 16.2 Å². The number of benzene rings is 1. The van der Waals surface area contributed by atoms with Crippen LogP contribution in [0.25, 0.3) is 11.1 Å². The second-order valence-electron chi connectivity index (χ2n) is 3.28. The molecule has 0 unspecified atom stereocenters. The van der Waals surface area contributed by atoms with Crippen molar-refractivity contribution in [3.05, 3.63) is 52.3 Å². The normalized spacial score (nSPS) is 10.4. The quantitative estimate of drug-likeness (QED) is 0.565. The molecule has 0 amide bonds. The van der Waals surface area contributed by atoms with E-state index in [9.17, 15) is 0 Å². The molecule has 0 spiro atoms. The van der Waals surface area contributed by atoms with E-state index < -0.39 is 0 Å². The van der Waals surface area contributed by atoms with Gasteiger partial charge in [-0.25, -0.2) is 4.98 Å². The number of hydrogen-bond donors (Lipinski definition) is 0. The summed E-state index contributed by atoms with van der Waals surface area (Å²) in [5.41, 5.74) is 2.64. The van der Waals surface area contributed by atoms with E-state index in [4.69, 9.17) is 34.8 Å². The summed E-state index contributed by atoms with van der Waals surface area (Å²) < 4.78 is 0. The lowest BCUT2D eigenvalue weighted by atomic mass is 10.1. The highest BCUT2D eigenvalue weighted by Gasteiger charge is 2.09. The molecule has 0 aliphatic heterocycles. The third-order valence-electron chi connectivity index (χ3n) is 2.23. The number of halogens is 3. The maximum Gasteiger partial charge on any atom is 0.138 e. The van der Waals surface area contributed by atoms with Crippen molar-refractivity contribution in [2.24, 2.45) is 0 Å². The fourth-order valence-corrected chi connectivity index (χ4v) is 2.19. The van der Waals surface area contributed by atoms with E-state index in [1.807, 2.05) is 36.4 Å². The van der Waals surface area contributed by atoms with Gasteiger partial charge in [-0.15, -0.1) is 11.6 Å². The van der Waals surface area contributed by atoms with Crippen LogP contribution in [0.3, 0.4) is 0 Å². The zero-order valence-electron chi connectivity index (χ0n) is 8.25. The van der Waals surface area contributed by atoms with Crippen LogP contribution in [-0.4, -0.2) is 4.98 Å². The topological polar surface area (TPSA) is 12.9 Å². The Bertz CT molecular complexity index is 497. The Kier molecular flexibility index (Phi) is 3.70. The van der Waals surface area contributed by atoms with Gasteiger partial charge in [0, 0.05) is 11.1 Å². The largest absolute Gasteiger partial charge is 0.223 e. The van der Waals surface area contributed by atoms with Gasteiger partial charge < -0.3 is 0 Å². The molecule has 16 heavy (non-hydrogen) atoms. The zero-order chi connectivity index (χ0) is 11.5. The van der Waals surface area contributed by atoms with E-state index >= 15 is 0 Å². The van der Waals surface area contributed by atoms with Gasteiger partial charge in [-0.2, -0.15) is 0 Å². The lowest BCUT2D eigenvalue weighted by molar-refractivity contribution is 1.25. The Morgan fingerprint density at radius 2 is 1.69 bits per heavy atom. The Morgan fingerprint density at radius 1 is 1.00 bits per heavy atom. The first-order valence-electron chi connectivity index (χ1n) is 4.68. The van der Waals surface area contributed by atoms with Crippen molar-refractivity contribution < 1.29 is 0 Å². The number of aromatic nitrogens is 1. The van der Waals surface area contributed by atoms with Crippen molar-refractivity contribution in [2.45, 2.75) is 5.88 Å². The first-order valence-corrected chi connectivity index (χ1v) is 5.97. The zero-order valence-corrected chi connectivity index (χ0v) is 10.5. The summed E-state index contributed by atoms with van der Waals surface area (Å²) in [6.07, 6.45) is 0. The molecule has 1 heterocycles. The lowest BCUT2D eigenvalue weighted by Crippen LogP contribution is -1.90. The van der Waals surface area contributed by atoms with Gasteiger partial charge >= 0.3 is 0 Å². The number of hydrogen-bond acceptors (Lipinski definition) is 1. The summed E-state index contributed by atoms with van der Waals surface area (Å²) in [6, 6.07) is 11.6. The molecule has 1 aromatic carbocycles. The van der Waals surface area contributed by atoms with Crippen LogP contribution < -0.4 is 0 Å². The Morgan fingerprint density at radius 3 is 2.31 bits per heavy atom. The minimum atomic E-state index is 0.322. The smallest absolute Gasteiger partial charge is 0.138 e. The van der Waals surface area contributed by atoms with Gasteiger partial charge in [0.1, 0.15) is 10.3 Å². The predicted octanol–water partition coefficient (Wildman–Crippen LogP) is 4.79.